The summed E-state index contributed by atoms with van der Waals surface area (Å²) in [6.07, 6.45) is 3.72. The smallest absolute Gasteiger partial charge is 0.225 e. The summed E-state index contributed by atoms with van der Waals surface area (Å²) in [4.78, 5) is 14.3. The summed E-state index contributed by atoms with van der Waals surface area (Å²) in [5.41, 5.74) is 0. The minimum Gasteiger partial charge on any atom is -0.393 e. The van der Waals surface area contributed by atoms with Gasteiger partial charge in [0, 0.05) is 24.9 Å². The second-order valence-electron chi connectivity index (χ2n) is 5.45. The van der Waals surface area contributed by atoms with E-state index < -0.39 is 0 Å². The van der Waals surface area contributed by atoms with Gasteiger partial charge in [-0.25, -0.2) is 0 Å². The number of amides is 1. The predicted octanol–water partition coefficient (Wildman–Crippen LogP) is 0.605. The molecule has 0 aromatic rings. The Morgan fingerprint density at radius 2 is 2.06 bits per heavy atom. The fraction of sp³-hybridized carbons (Fsp3) is 0.923. The van der Waals surface area contributed by atoms with E-state index in [9.17, 15) is 9.90 Å². The van der Waals surface area contributed by atoms with Crippen LogP contribution in [-0.2, 0) is 4.79 Å². The zero-order chi connectivity index (χ0) is 12.3. The first kappa shape index (κ1) is 12.8. The molecule has 17 heavy (non-hydrogen) atoms. The third kappa shape index (κ3) is 3.19. The van der Waals surface area contributed by atoms with E-state index in [1.807, 2.05) is 11.8 Å². The van der Waals surface area contributed by atoms with Crippen LogP contribution in [0.15, 0.2) is 0 Å². The van der Waals surface area contributed by atoms with Crippen molar-refractivity contribution in [2.75, 3.05) is 26.2 Å². The quantitative estimate of drug-likeness (QED) is 0.743. The lowest BCUT2D eigenvalue weighted by Crippen LogP contribution is -2.47. The number of nitrogens with zero attached hydrogens (tertiary/aromatic N) is 1. The number of carbonyl (C=O) groups excluding carboxylic acids is 1. The van der Waals surface area contributed by atoms with Gasteiger partial charge in [-0.1, -0.05) is 0 Å². The first-order valence-corrected chi connectivity index (χ1v) is 6.86. The fourth-order valence-electron chi connectivity index (χ4n) is 2.93. The van der Waals surface area contributed by atoms with Crippen molar-refractivity contribution in [2.24, 2.45) is 11.8 Å². The average molecular weight is 240 g/mol. The van der Waals surface area contributed by atoms with Gasteiger partial charge < -0.3 is 15.3 Å². The molecule has 2 rings (SSSR count). The molecule has 0 bridgehead atoms. The third-order valence-corrected chi connectivity index (χ3v) is 4.14. The number of aliphatic hydroxyl groups is 1. The lowest BCUT2D eigenvalue weighted by Gasteiger charge is -2.37. The summed E-state index contributed by atoms with van der Waals surface area (Å²) >= 11 is 0. The molecule has 2 N–H and O–H groups in total. The topological polar surface area (TPSA) is 52.6 Å². The molecule has 2 unspecified atom stereocenters. The van der Waals surface area contributed by atoms with Gasteiger partial charge in [-0.15, -0.1) is 0 Å². The number of piperidine rings is 2. The van der Waals surface area contributed by atoms with E-state index in [2.05, 4.69) is 5.32 Å². The number of carbonyl (C=O) groups is 1. The van der Waals surface area contributed by atoms with E-state index in [0.717, 1.165) is 51.9 Å². The number of hydrogen-bond acceptors (Lipinski definition) is 3. The van der Waals surface area contributed by atoms with Crippen LogP contribution in [-0.4, -0.2) is 48.2 Å². The zero-order valence-corrected chi connectivity index (χ0v) is 10.7. The van der Waals surface area contributed by atoms with Crippen molar-refractivity contribution >= 4 is 5.91 Å². The maximum Gasteiger partial charge on any atom is 0.225 e. The SMILES string of the molecule is CC(O)C1CCCN(C(=O)C2CCNCC2)C1. The van der Waals surface area contributed by atoms with Gasteiger partial charge in [0.05, 0.1) is 6.10 Å². The van der Waals surface area contributed by atoms with E-state index in [4.69, 9.17) is 0 Å². The first-order chi connectivity index (χ1) is 8.18. The molecule has 2 heterocycles. The highest BCUT2D eigenvalue weighted by molar-refractivity contribution is 5.79. The molecule has 0 saturated carbocycles. The number of rotatable bonds is 2. The molecule has 2 fully saturated rings. The van der Waals surface area contributed by atoms with Crippen LogP contribution in [0.5, 0.6) is 0 Å². The molecule has 0 aliphatic carbocycles. The monoisotopic (exact) mass is 240 g/mol. The highest BCUT2D eigenvalue weighted by Crippen LogP contribution is 2.23. The number of aliphatic hydroxyl groups excluding tert-OH is 1. The Labute approximate surface area is 103 Å². The summed E-state index contributed by atoms with van der Waals surface area (Å²) in [5, 5.41) is 12.9. The number of nitrogens with one attached hydrogen (secondary N) is 1. The maximum absolute atomic E-state index is 12.3. The molecular formula is C13H24N2O2. The Morgan fingerprint density at radius 3 is 2.71 bits per heavy atom. The standard InChI is InChI=1S/C13H24N2O2/c1-10(16)12-3-2-8-15(9-12)13(17)11-4-6-14-7-5-11/h10-12,14,16H,2-9H2,1H3. The van der Waals surface area contributed by atoms with Crippen LogP contribution in [0.3, 0.4) is 0 Å². The molecular weight excluding hydrogens is 216 g/mol. The zero-order valence-electron chi connectivity index (χ0n) is 10.7. The summed E-state index contributed by atoms with van der Waals surface area (Å²) in [6.45, 7) is 5.39. The van der Waals surface area contributed by atoms with E-state index in [1.165, 1.54) is 0 Å². The molecule has 4 nitrogen and oxygen atoms in total. The van der Waals surface area contributed by atoms with Crippen LogP contribution in [0.25, 0.3) is 0 Å². The normalized spacial score (nSPS) is 29.1. The Hall–Kier alpha value is -0.610. The van der Waals surface area contributed by atoms with Gasteiger partial charge in [-0.05, 0) is 45.7 Å². The van der Waals surface area contributed by atoms with Crippen LogP contribution in [0.1, 0.15) is 32.6 Å². The van der Waals surface area contributed by atoms with Crippen molar-refractivity contribution in [1.82, 2.24) is 10.2 Å². The van der Waals surface area contributed by atoms with Crippen molar-refractivity contribution in [2.45, 2.75) is 38.7 Å². The van der Waals surface area contributed by atoms with Gasteiger partial charge >= 0.3 is 0 Å². The maximum atomic E-state index is 12.3. The van der Waals surface area contributed by atoms with Crippen LogP contribution in [0.4, 0.5) is 0 Å². The summed E-state index contributed by atoms with van der Waals surface area (Å²) < 4.78 is 0. The lowest BCUT2D eigenvalue weighted by molar-refractivity contribution is -0.139. The van der Waals surface area contributed by atoms with Crippen LogP contribution in [0, 0.1) is 11.8 Å². The van der Waals surface area contributed by atoms with E-state index in [1.54, 1.807) is 0 Å². The second kappa shape index (κ2) is 5.83. The Morgan fingerprint density at radius 1 is 1.35 bits per heavy atom. The minimum atomic E-state index is -0.293. The highest BCUT2D eigenvalue weighted by Gasteiger charge is 2.30. The third-order valence-electron chi connectivity index (χ3n) is 4.14. The molecule has 2 aliphatic rings. The van der Waals surface area contributed by atoms with Crippen molar-refractivity contribution in [3.05, 3.63) is 0 Å². The largest absolute Gasteiger partial charge is 0.393 e. The minimum absolute atomic E-state index is 0.212. The molecule has 0 aromatic carbocycles. The molecule has 1 amide bonds. The van der Waals surface area contributed by atoms with Crippen molar-refractivity contribution < 1.29 is 9.90 Å². The van der Waals surface area contributed by atoms with Crippen molar-refractivity contribution in [1.29, 1.82) is 0 Å². The van der Waals surface area contributed by atoms with Gasteiger partial charge in [-0.2, -0.15) is 0 Å². The van der Waals surface area contributed by atoms with Gasteiger partial charge in [0.25, 0.3) is 0 Å². The summed E-state index contributed by atoms with van der Waals surface area (Å²) in [6, 6.07) is 0. The van der Waals surface area contributed by atoms with Gasteiger partial charge in [0.15, 0.2) is 0 Å². The number of hydrogen-bond donors (Lipinski definition) is 2. The van der Waals surface area contributed by atoms with Crippen LogP contribution in [0.2, 0.25) is 0 Å². The molecule has 0 radical (unpaired) electrons. The van der Waals surface area contributed by atoms with E-state index in [-0.39, 0.29) is 17.9 Å². The molecule has 0 spiro atoms. The Balaban J connectivity index is 1.89. The molecule has 4 heteroatoms. The predicted molar refractivity (Wildman–Crippen MR) is 66.6 cm³/mol. The van der Waals surface area contributed by atoms with Gasteiger partial charge in [0.2, 0.25) is 5.91 Å². The Bertz CT molecular complexity index is 262. The van der Waals surface area contributed by atoms with Crippen molar-refractivity contribution in [3.8, 4) is 0 Å². The van der Waals surface area contributed by atoms with Crippen LogP contribution >= 0.6 is 0 Å². The molecule has 98 valence electrons. The lowest BCUT2D eigenvalue weighted by atomic mass is 9.90. The van der Waals surface area contributed by atoms with Crippen molar-refractivity contribution in [3.63, 3.8) is 0 Å². The molecule has 0 aromatic heterocycles. The van der Waals surface area contributed by atoms with E-state index in [0.29, 0.717) is 5.91 Å². The highest BCUT2D eigenvalue weighted by atomic mass is 16.3. The Kier molecular flexibility index (Phi) is 4.40. The fourth-order valence-corrected chi connectivity index (χ4v) is 2.93. The van der Waals surface area contributed by atoms with Gasteiger partial charge in [0.1, 0.15) is 0 Å². The molecule has 2 aliphatic heterocycles. The van der Waals surface area contributed by atoms with E-state index >= 15 is 0 Å². The second-order valence-corrected chi connectivity index (χ2v) is 5.45. The van der Waals surface area contributed by atoms with Gasteiger partial charge in [-0.3, -0.25) is 4.79 Å². The summed E-state index contributed by atoms with van der Waals surface area (Å²) in [5.74, 6) is 0.801. The number of likely N-dealkylation sites (tertiary alicyclic amines) is 1. The molecule has 2 atom stereocenters. The summed E-state index contributed by atoms with van der Waals surface area (Å²) in [7, 11) is 0. The average Bonchev–Trinajstić information content (AvgIpc) is 2.39. The first-order valence-electron chi connectivity index (χ1n) is 6.86. The van der Waals surface area contributed by atoms with Crippen LogP contribution < -0.4 is 5.32 Å². The molecule has 2 saturated heterocycles.